The highest BCUT2D eigenvalue weighted by atomic mass is 15.3. The first-order valence-corrected chi connectivity index (χ1v) is 7.75. The van der Waals surface area contributed by atoms with Gasteiger partial charge in [0.1, 0.15) is 0 Å². The highest BCUT2D eigenvalue weighted by molar-refractivity contribution is 5.20. The van der Waals surface area contributed by atoms with Crippen LogP contribution in [-0.2, 0) is 0 Å². The van der Waals surface area contributed by atoms with Crippen molar-refractivity contribution >= 4 is 0 Å². The lowest BCUT2D eigenvalue weighted by molar-refractivity contribution is 0.0162. The van der Waals surface area contributed by atoms with E-state index in [1.54, 1.807) is 0 Å². The first kappa shape index (κ1) is 15.5. The van der Waals surface area contributed by atoms with Gasteiger partial charge in [-0.15, -0.1) is 0 Å². The molecule has 1 N–H and O–H groups in total. The fraction of sp³-hybridized carbons (Fsp3) is 0.647. The van der Waals surface area contributed by atoms with Gasteiger partial charge in [0.25, 0.3) is 0 Å². The largest absolute Gasteiger partial charge is 0.315 e. The predicted octanol–water partition coefficient (Wildman–Crippen LogP) is 2.36. The molecule has 1 saturated heterocycles. The van der Waals surface area contributed by atoms with Crippen LogP contribution >= 0.6 is 0 Å². The molecule has 0 spiro atoms. The standard InChI is InChI=1S/C17H29N3/c1-5-18-13-16(15-9-7-6-8-10-15)20-12-11-19(4)17(2,3)14-20/h6-10,16,18H,5,11-14H2,1-4H3. The van der Waals surface area contributed by atoms with Crippen molar-refractivity contribution in [2.45, 2.75) is 32.4 Å². The number of benzene rings is 1. The van der Waals surface area contributed by atoms with E-state index in [0.29, 0.717) is 6.04 Å². The van der Waals surface area contributed by atoms with Gasteiger partial charge in [-0.1, -0.05) is 37.3 Å². The van der Waals surface area contributed by atoms with Crippen LogP contribution in [0.4, 0.5) is 0 Å². The summed E-state index contributed by atoms with van der Waals surface area (Å²) in [6.45, 7) is 12.3. The molecule has 112 valence electrons. The molecule has 1 aromatic rings. The molecule has 1 aromatic carbocycles. The first-order valence-electron chi connectivity index (χ1n) is 7.75. The second-order valence-corrected chi connectivity index (χ2v) is 6.44. The van der Waals surface area contributed by atoms with Crippen molar-refractivity contribution in [3.8, 4) is 0 Å². The number of hydrogen-bond acceptors (Lipinski definition) is 3. The minimum absolute atomic E-state index is 0.248. The van der Waals surface area contributed by atoms with Crippen LogP contribution in [0.2, 0.25) is 0 Å². The van der Waals surface area contributed by atoms with Gasteiger partial charge in [-0.2, -0.15) is 0 Å². The average molecular weight is 275 g/mol. The normalized spacial score (nSPS) is 21.8. The van der Waals surface area contributed by atoms with E-state index in [0.717, 1.165) is 32.7 Å². The average Bonchev–Trinajstić information content (AvgIpc) is 2.44. The number of hydrogen-bond donors (Lipinski definition) is 1. The lowest BCUT2D eigenvalue weighted by atomic mass is 9.96. The van der Waals surface area contributed by atoms with Crippen LogP contribution in [0, 0.1) is 0 Å². The summed E-state index contributed by atoms with van der Waals surface area (Å²) < 4.78 is 0. The second kappa shape index (κ2) is 6.70. The molecule has 1 heterocycles. The van der Waals surface area contributed by atoms with Crippen LogP contribution in [0.5, 0.6) is 0 Å². The van der Waals surface area contributed by atoms with E-state index < -0.39 is 0 Å². The third-order valence-corrected chi connectivity index (χ3v) is 4.56. The minimum Gasteiger partial charge on any atom is -0.315 e. The predicted molar refractivity (Wildman–Crippen MR) is 86.0 cm³/mol. The summed E-state index contributed by atoms with van der Waals surface area (Å²) in [6.07, 6.45) is 0. The third kappa shape index (κ3) is 3.60. The van der Waals surface area contributed by atoms with Gasteiger partial charge in [-0.05, 0) is 33.0 Å². The molecule has 0 aliphatic carbocycles. The van der Waals surface area contributed by atoms with E-state index in [9.17, 15) is 0 Å². The van der Waals surface area contributed by atoms with Gasteiger partial charge in [0.05, 0.1) is 0 Å². The van der Waals surface area contributed by atoms with Crippen LogP contribution < -0.4 is 5.32 Å². The zero-order chi connectivity index (χ0) is 14.6. The summed E-state index contributed by atoms with van der Waals surface area (Å²) in [6, 6.07) is 11.4. The molecular formula is C17H29N3. The Hall–Kier alpha value is -0.900. The fourth-order valence-corrected chi connectivity index (χ4v) is 2.96. The highest BCUT2D eigenvalue weighted by Gasteiger charge is 2.34. The topological polar surface area (TPSA) is 18.5 Å². The van der Waals surface area contributed by atoms with Crippen molar-refractivity contribution in [2.75, 3.05) is 39.8 Å². The molecule has 1 unspecified atom stereocenters. The molecule has 0 radical (unpaired) electrons. The maximum Gasteiger partial charge on any atom is 0.0473 e. The summed E-state index contributed by atoms with van der Waals surface area (Å²) in [7, 11) is 2.24. The zero-order valence-corrected chi connectivity index (χ0v) is 13.4. The summed E-state index contributed by atoms with van der Waals surface area (Å²) >= 11 is 0. The molecule has 0 saturated carbocycles. The molecule has 2 rings (SSSR count). The molecule has 1 aliphatic heterocycles. The molecule has 1 aliphatic rings. The fourth-order valence-electron chi connectivity index (χ4n) is 2.96. The van der Waals surface area contributed by atoms with Gasteiger partial charge in [-0.25, -0.2) is 0 Å². The molecule has 0 bridgehead atoms. The highest BCUT2D eigenvalue weighted by Crippen LogP contribution is 2.27. The Morgan fingerprint density at radius 3 is 2.50 bits per heavy atom. The Morgan fingerprint density at radius 1 is 1.20 bits per heavy atom. The van der Waals surface area contributed by atoms with E-state index in [2.05, 4.69) is 73.3 Å². The van der Waals surface area contributed by atoms with Crippen molar-refractivity contribution in [2.24, 2.45) is 0 Å². The summed E-state index contributed by atoms with van der Waals surface area (Å²) in [5.74, 6) is 0. The maximum absolute atomic E-state index is 3.53. The second-order valence-electron chi connectivity index (χ2n) is 6.44. The van der Waals surface area contributed by atoms with Crippen LogP contribution in [-0.4, -0.2) is 55.1 Å². The SMILES string of the molecule is CCNCC(c1ccccc1)N1CCN(C)C(C)(C)C1. The van der Waals surface area contributed by atoms with Gasteiger partial charge < -0.3 is 5.32 Å². The van der Waals surface area contributed by atoms with Gasteiger partial charge in [0.15, 0.2) is 0 Å². The molecule has 0 amide bonds. The maximum atomic E-state index is 3.53. The molecule has 1 fully saturated rings. The van der Waals surface area contributed by atoms with Crippen molar-refractivity contribution in [1.82, 2.24) is 15.1 Å². The third-order valence-electron chi connectivity index (χ3n) is 4.56. The Balaban J connectivity index is 2.15. The van der Waals surface area contributed by atoms with E-state index >= 15 is 0 Å². The molecular weight excluding hydrogens is 246 g/mol. The van der Waals surface area contributed by atoms with Crippen LogP contribution in [0.3, 0.4) is 0 Å². The van der Waals surface area contributed by atoms with Crippen molar-refractivity contribution in [1.29, 1.82) is 0 Å². The summed E-state index contributed by atoms with van der Waals surface area (Å²) in [5, 5.41) is 3.53. The van der Waals surface area contributed by atoms with E-state index in [1.807, 2.05) is 0 Å². The number of rotatable bonds is 5. The quantitative estimate of drug-likeness (QED) is 0.890. The zero-order valence-electron chi connectivity index (χ0n) is 13.4. The summed E-state index contributed by atoms with van der Waals surface area (Å²) in [5.41, 5.74) is 1.67. The van der Waals surface area contributed by atoms with Crippen LogP contribution in [0.25, 0.3) is 0 Å². The Kier molecular flexibility index (Phi) is 5.19. The van der Waals surface area contributed by atoms with Crippen molar-refractivity contribution < 1.29 is 0 Å². The van der Waals surface area contributed by atoms with Gasteiger partial charge in [-0.3, -0.25) is 9.80 Å². The monoisotopic (exact) mass is 275 g/mol. The molecule has 1 atom stereocenters. The Morgan fingerprint density at radius 2 is 1.90 bits per heavy atom. The van der Waals surface area contributed by atoms with E-state index in [-0.39, 0.29) is 5.54 Å². The first-order chi connectivity index (χ1) is 9.54. The smallest absolute Gasteiger partial charge is 0.0473 e. The van der Waals surface area contributed by atoms with Gasteiger partial charge >= 0.3 is 0 Å². The molecule has 20 heavy (non-hydrogen) atoms. The number of likely N-dealkylation sites (N-methyl/N-ethyl adjacent to an activating group) is 2. The number of nitrogens with one attached hydrogen (secondary N) is 1. The molecule has 3 nitrogen and oxygen atoms in total. The summed E-state index contributed by atoms with van der Waals surface area (Å²) in [4.78, 5) is 5.11. The van der Waals surface area contributed by atoms with E-state index in [4.69, 9.17) is 0 Å². The molecule has 0 aromatic heterocycles. The molecule has 3 heteroatoms. The Bertz CT molecular complexity index is 402. The van der Waals surface area contributed by atoms with Crippen LogP contribution in [0.15, 0.2) is 30.3 Å². The number of nitrogens with zero attached hydrogens (tertiary/aromatic N) is 2. The van der Waals surface area contributed by atoms with Crippen molar-refractivity contribution in [3.05, 3.63) is 35.9 Å². The van der Waals surface area contributed by atoms with E-state index in [1.165, 1.54) is 5.56 Å². The lowest BCUT2D eigenvalue weighted by Crippen LogP contribution is -2.58. The minimum atomic E-state index is 0.248. The Labute approximate surface area is 124 Å². The van der Waals surface area contributed by atoms with Crippen LogP contribution in [0.1, 0.15) is 32.4 Å². The van der Waals surface area contributed by atoms with Crippen molar-refractivity contribution in [3.63, 3.8) is 0 Å². The van der Waals surface area contributed by atoms with Gasteiger partial charge in [0, 0.05) is 37.8 Å². The number of piperazine rings is 1. The van der Waals surface area contributed by atoms with Gasteiger partial charge in [0.2, 0.25) is 0 Å². The lowest BCUT2D eigenvalue weighted by Gasteiger charge is -2.48.